The van der Waals surface area contributed by atoms with Crippen molar-refractivity contribution in [2.24, 2.45) is 0 Å². The number of benzene rings is 2. The zero-order valence-corrected chi connectivity index (χ0v) is 15.8. The van der Waals surface area contributed by atoms with Crippen LogP contribution in [0.15, 0.2) is 77.6 Å². The summed E-state index contributed by atoms with van der Waals surface area (Å²) < 4.78 is 33.5. The lowest BCUT2D eigenvalue weighted by atomic mass is 10.0. The second-order valence-corrected chi connectivity index (χ2v) is 6.61. The zero-order chi connectivity index (χ0) is 20.9. The summed E-state index contributed by atoms with van der Waals surface area (Å²) >= 11 is 0. The van der Waals surface area contributed by atoms with Gasteiger partial charge in [0.2, 0.25) is 11.8 Å². The van der Waals surface area contributed by atoms with Gasteiger partial charge < -0.3 is 4.52 Å². The van der Waals surface area contributed by atoms with Gasteiger partial charge in [-0.3, -0.25) is 15.1 Å². The number of aryl methyl sites for hydroxylation is 1. The molecule has 0 saturated heterocycles. The van der Waals surface area contributed by atoms with E-state index in [1.54, 1.807) is 24.5 Å². The summed E-state index contributed by atoms with van der Waals surface area (Å²) in [5.41, 5.74) is 2.02. The minimum atomic E-state index is -1.04. The Morgan fingerprint density at radius 1 is 0.967 bits per heavy atom. The SMILES string of the molecule is O=C(CCc1ccccc1)Nc1onc(-c2cccc(F)c2F)c1-c1ccncc1. The van der Waals surface area contributed by atoms with Gasteiger partial charge in [0, 0.05) is 24.4 Å². The highest BCUT2D eigenvalue weighted by Gasteiger charge is 2.24. The minimum absolute atomic E-state index is 0.0599. The van der Waals surface area contributed by atoms with Gasteiger partial charge in [-0.1, -0.05) is 41.6 Å². The molecule has 0 fully saturated rings. The highest BCUT2D eigenvalue weighted by Crippen LogP contribution is 2.38. The van der Waals surface area contributed by atoms with E-state index in [2.05, 4.69) is 15.5 Å². The summed E-state index contributed by atoms with van der Waals surface area (Å²) in [6.45, 7) is 0. The molecule has 0 spiro atoms. The van der Waals surface area contributed by atoms with Crippen LogP contribution in [0.3, 0.4) is 0 Å². The molecule has 4 aromatic rings. The summed E-state index contributed by atoms with van der Waals surface area (Å²) in [5, 5.41) is 6.62. The standard InChI is InChI=1S/C23H17F2N3O2/c24-18-8-4-7-17(21(18)25)22-20(16-11-13-26-14-12-16)23(30-28-22)27-19(29)10-9-15-5-2-1-3-6-15/h1-8,11-14H,9-10H2,(H,27,29). The monoisotopic (exact) mass is 405 g/mol. The largest absolute Gasteiger partial charge is 0.337 e. The highest BCUT2D eigenvalue weighted by atomic mass is 19.2. The van der Waals surface area contributed by atoms with E-state index in [0.29, 0.717) is 17.5 Å². The van der Waals surface area contributed by atoms with Crippen molar-refractivity contribution >= 4 is 11.8 Å². The third-order valence-electron chi connectivity index (χ3n) is 4.60. The number of rotatable bonds is 6. The molecule has 30 heavy (non-hydrogen) atoms. The molecule has 0 unspecified atom stereocenters. The Morgan fingerprint density at radius 2 is 1.73 bits per heavy atom. The van der Waals surface area contributed by atoms with E-state index in [1.165, 1.54) is 12.1 Å². The van der Waals surface area contributed by atoms with Crippen LogP contribution in [0.25, 0.3) is 22.4 Å². The number of hydrogen-bond donors (Lipinski definition) is 1. The molecule has 0 aliphatic carbocycles. The van der Waals surface area contributed by atoms with Crippen LogP contribution < -0.4 is 5.32 Å². The van der Waals surface area contributed by atoms with Crippen molar-refractivity contribution in [3.8, 4) is 22.4 Å². The van der Waals surface area contributed by atoms with Crippen LogP contribution in [0, 0.1) is 11.6 Å². The zero-order valence-electron chi connectivity index (χ0n) is 15.8. The maximum atomic E-state index is 14.4. The number of halogens is 2. The minimum Gasteiger partial charge on any atom is -0.337 e. The van der Waals surface area contributed by atoms with Crippen LogP contribution in [-0.2, 0) is 11.2 Å². The fourth-order valence-electron chi connectivity index (χ4n) is 3.12. The average molecular weight is 405 g/mol. The molecule has 150 valence electrons. The van der Waals surface area contributed by atoms with Crippen molar-refractivity contribution < 1.29 is 18.1 Å². The van der Waals surface area contributed by atoms with Crippen LogP contribution in [0.2, 0.25) is 0 Å². The molecule has 0 aliphatic heterocycles. The van der Waals surface area contributed by atoms with E-state index in [0.717, 1.165) is 11.6 Å². The highest BCUT2D eigenvalue weighted by molar-refractivity contribution is 5.97. The lowest BCUT2D eigenvalue weighted by molar-refractivity contribution is -0.116. The predicted molar refractivity (Wildman–Crippen MR) is 108 cm³/mol. The lowest BCUT2D eigenvalue weighted by Crippen LogP contribution is -2.12. The van der Waals surface area contributed by atoms with Crippen LogP contribution >= 0.6 is 0 Å². The molecule has 4 rings (SSSR count). The fraction of sp³-hybridized carbons (Fsp3) is 0.0870. The molecular weight excluding hydrogens is 388 g/mol. The third kappa shape index (κ3) is 4.10. The van der Waals surface area contributed by atoms with Gasteiger partial charge in [0.25, 0.3) is 0 Å². The molecule has 2 heterocycles. The van der Waals surface area contributed by atoms with E-state index < -0.39 is 11.6 Å². The summed E-state index contributed by atoms with van der Waals surface area (Å²) in [7, 11) is 0. The van der Waals surface area contributed by atoms with Crippen molar-refractivity contribution in [2.75, 3.05) is 5.32 Å². The maximum absolute atomic E-state index is 14.4. The third-order valence-corrected chi connectivity index (χ3v) is 4.60. The number of carbonyl (C=O) groups is 1. The summed E-state index contributed by atoms with van der Waals surface area (Å²) in [6.07, 6.45) is 3.88. The molecule has 2 aromatic carbocycles. The first-order valence-corrected chi connectivity index (χ1v) is 9.31. The van der Waals surface area contributed by atoms with E-state index in [-0.39, 0.29) is 29.5 Å². The Balaban J connectivity index is 1.66. The number of pyridine rings is 1. The number of hydrogen-bond acceptors (Lipinski definition) is 4. The molecule has 5 nitrogen and oxygen atoms in total. The molecule has 0 radical (unpaired) electrons. The van der Waals surface area contributed by atoms with E-state index in [9.17, 15) is 13.6 Å². The average Bonchev–Trinajstić information content (AvgIpc) is 3.18. The Bertz CT molecular complexity index is 1160. The fourth-order valence-corrected chi connectivity index (χ4v) is 3.12. The summed E-state index contributed by atoms with van der Waals surface area (Å²) in [5.74, 6) is -2.25. The number of nitrogens with one attached hydrogen (secondary N) is 1. The molecule has 0 atom stereocenters. The molecular formula is C23H17F2N3O2. The van der Waals surface area contributed by atoms with Gasteiger partial charge in [-0.2, -0.15) is 0 Å². The van der Waals surface area contributed by atoms with Crippen molar-refractivity contribution in [1.82, 2.24) is 10.1 Å². The molecule has 1 N–H and O–H groups in total. The first kappa shape index (κ1) is 19.4. The second kappa shape index (κ2) is 8.65. The second-order valence-electron chi connectivity index (χ2n) is 6.61. The molecule has 2 aromatic heterocycles. The number of nitrogens with zero attached hydrogens (tertiary/aromatic N) is 2. The van der Waals surface area contributed by atoms with Crippen LogP contribution in [0.1, 0.15) is 12.0 Å². The Labute approximate surface area is 171 Å². The first-order chi connectivity index (χ1) is 14.6. The Morgan fingerprint density at radius 3 is 2.50 bits per heavy atom. The van der Waals surface area contributed by atoms with Crippen molar-refractivity contribution in [2.45, 2.75) is 12.8 Å². The van der Waals surface area contributed by atoms with Gasteiger partial charge in [-0.05, 0) is 41.8 Å². The van der Waals surface area contributed by atoms with Crippen molar-refractivity contribution in [3.63, 3.8) is 0 Å². The van der Waals surface area contributed by atoms with E-state index in [4.69, 9.17) is 4.52 Å². The normalized spacial score (nSPS) is 10.7. The van der Waals surface area contributed by atoms with Gasteiger partial charge in [0.1, 0.15) is 5.69 Å². The number of carbonyl (C=O) groups excluding carboxylic acids is 1. The van der Waals surface area contributed by atoms with Crippen LogP contribution in [-0.4, -0.2) is 16.0 Å². The Hall–Kier alpha value is -3.87. The quantitative estimate of drug-likeness (QED) is 0.476. The number of anilines is 1. The van der Waals surface area contributed by atoms with Gasteiger partial charge in [0.15, 0.2) is 11.6 Å². The number of aromatic nitrogens is 2. The van der Waals surface area contributed by atoms with Gasteiger partial charge >= 0.3 is 0 Å². The maximum Gasteiger partial charge on any atom is 0.239 e. The van der Waals surface area contributed by atoms with Gasteiger partial charge in [-0.15, -0.1) is 0 Å². The van der Waals surface area contributed by atoms with E-state index in [1.807, 2.05) is 30.3 Å². The molecule has 0 saturated carbocycles. The van der Waals surface area contributed by atoms with E-state index >= 15 is 0 Å². The summed E-state index contributed by atoms with van der Waals surface area (Å²) in [6, 6.07) is 16.8. The van der Waals surface area contributed by atoms with Gasteiger partial charge in [0.05, 0.1) is 5.56 Å². The molecule has 7 heteroatoms. The van der Waals surface area contributed by atoms with Crippen molar-refractivity contribution in [1.29, 1.82) is 0 Å². The summed E-state index contributed by atoms with van der Waals surface area (Å²) in [4.78, 5) is 16.5. The van der Waals surface area contributed by atoms with Crippen LogP contribution in [0.4, 0.5) is 14.7 Å². The van der Waals surface area contributed by atoms with Crippen LogP contribution in [0.5, 0.6) is 0 Å². The molecule has 0 aliphatic rings. The predicted octanol–water partition coefficient (Wildman–Crippen LogP) is 5.25. The first-order valence-electron chi connectivity index (χ1n) is 9.31. The van der Waals surface area contributed by atoms with Gasteiger partial charge in [-0.25, -0.2) is 8.78 Å². The van der Waals surface area contributed by atoms with Crippen molar-refractivity contribution in [3.05, 3.63) is 90.3 Å². The number of amides is 1. The molecule has 1 amide bonds. The topological polar surface area (TPSA) is 68.0 Å². The Kier molecular flexibility index (Phi) is 5.61. The lowest BCUT2D eigenvalue weighted by Gasteiger charge is -2.07. The smallest absolute Gasteiger partial charge is 0.239 e. The molecule has 0 bridgehead atoms.